The van der Waals surface area contributed by atoms with E-state index in [-0.39, 0.29) is 22.4 Å². The fourth-order valence-electron chi connectivity index (χ4n) is 4.03. The number of hydrogen-bond acceptors (Lipinski definition) is 5. The predicted octanol–water partition coefficient (Wildman–Crippen LogP) is 3.93. The van der Waals surface area contributed by atoms with Crippen LogP contribution in [-0.2, 0) is 0 Å². The molecule has 6 nitrogen and oxygen atoms in total. The molecule has 4 aromatic rings. The zero-order chi connectivity index (χ0) is 19.6. The van der Waals surface area contributed by atoms with Crippen molar-refractivity contribution < 1.29 is 4.74 Å². The van der Waals surface area contributed by atoms with Gasteiger partial charge in [-0.2, -0.15) is 0 Å². The Morgan fingerprint density at radius 3 is 2.71 bits per heavy atom. The molecule has 3 aromatic heterocycles. The average molecular weight is 393 g/mol. The molecule has 3 heterocycles. The molecule has 0 saturated heterocycles. The lowest BCUT2D eigenvalue weighted by Gasteiger charge is -2.19. The van der Waals surface area contributed by atoms with Crippen molar-refractivity contribution in [3.8, 4) is 16.9 Å². The number of aryl methyl sites for hydroxylation is 2. The first-order chi connectivity index (χ1) is 13.5. The van der Waals surface area contributed by atoms with Crippen molar-refractivity contribution in [2.24, 2.45) is 0 Å². The van der Waals surface area contributed by atoms with Gasteiger partial charge in [0.1, 0.15) is 10.2 Å². The van der Waals surface area contributed by atoms with Gasteiger partial charge < -0.3 is 9.30 Å². The third-order valence-electron chi connectivity index (χ3n) is 5.37. The summed E-state index contributed by atoms with van der Waals surface area (Å²) in [6.07, 6.45) is 3.84. The number of aromatic amines is 1. The number of nitrogens with zero attached hydrogens (tertiary/aromatic N) is 2. The standard InChI is InChI=1S/C21H19N3O3S/c1-10-8-14-17(19(27-3)15(10)12-6-7-22-11(2)9-12)24(13-4-5-13)21-16(18(14)25)20(26)23-28-21/h6-9,13H,4-5H2,1-3H3,(H,23,26). The second-order valence-electron chi connectivity index (χ2n) is 7.33. The van der Waals surface area contributed by atoms with E-state index in [1.54, 1.807) is 13.3 Å². The zero-order valence-corrected chi connectivity index (χ0v) is 16.6. The Morgan fingerprint density at radius 2 is 2.04 bits per heavy atom. The molecule has 0 unspecified atom stereocenters. The van der Waals surface area contributed by atoms with Gasteiger partial charge in [0, 0.05) is 23.5 Å². The molecule has 7 heteroatoms. The Labute approximate surface area is 164 Å². The van der Waals surface area contributed by atoms with Crippen molar-refractivity contribution >= 4 is 32.7 Å². The third kappa shape index (κ3) is 2.36. The third-order valence-corrected chi connectivity index (χ3v) is 6.25. The summed E-state index contributed by atoms with van der Waals surface area (Å²) in [6, 6.07) is 6.14. The van der Waals surface area contributed by atoms with Gasteiger partial charge in [0.25, 0.3) is 5.56 Å². The number of aromatic nitrogens is 3. The normalized spacial score (nSPS) is 14.1. The molecule has 142 valence electrons. The Balaban J connectivity index is 2.02. The second kappa shape index (κ2) is 6.04. The summed E-state index contributed by atoms with van der Waals surface area (Å²) in [5, 5.41) is 0.783. The van der Waals surface area contributed by atoms with Crippen LogP contribution in [0.5, 0.6) is 5.75 Å². The van der Waals surface area contributed by atoms with E-state index in [2.05, 4.69) is 13.9 Å². The van der Waals surface area contributed by atoms with Crippen molar-refractivity contribution in [3.05, 3.63) is 56.2 Å². The van der Waals surface area contributed by atoms with E-state index >= 15 is 0 Å². The molecule has 0 amide bonds. The maximum atomic E-state index is 13.2. The van der Waals surface area contributed by atoms with Crippen molar-refractivity contribution in [2.45, 2.75) is 32.7 Å². The summed E-state index contributed by atoms with van der Waals surface area (Å²) in [5.41, 5.74) is 4.03. The quantitative estimate of drug-likeness (QED) is 0.572. The van der Waals surface area contributed by atoms with Crippen LogP contribution in [0.25, 0.3) is 32.2 Å². The number of pyridine rings is 2. The minimum Gasteiger partial charge on any atom is -0.494 e. The van der Waals surface area contributed by atoms with Crippen LogP contribution in [-0.4, -0.2) is 21.0 Å². The Morgan fingerprint density at radius 1 is 1.25 bits per heavy atom. The van der Waals surface area contributed by atoms with Gasteiger partial charge in [0.2, 0.25) is 5.43 Å². The van der Waals surface area contributed by atoms with Gasteiger partial charge in [-0.05, 0) is 67.5 Å². The highest BCUT2D eigenvalue weighted by atomic mass is 32.1. The van der Waals surface area contributed by atoms with Crippen molar-refractivity contribution in [3.63, 3.8) is 0 Å². The van der Waals surface area contributed by atoms with E-state index in [0.29, 0.717) is 16.0 Å². The first-order valence-electron chi connectivity index (χ1n) is 9.21. The summed E-state index contributed by atoms with van der Waals surface area (Å²) < 4.78 is 10.8. The highest BCUT2D eigenvalue weighted by Crippen LogP contribution is 2.45. The average Bonchev–Trinajstić information content (AvgIpc) is 3.43. The molecule has 0 aliphatic heterocycles. The SMILES string of the molecule is COc1c(-c2ccnc(C)c2)c(C)cc2c(=O)c3c(=O)[nH]sc3n(C3CC3)c12. The lowest BCUT2D eigenvalue weighted by atomic mass is 9.96. The van der Waals surface area contributed by atoms with Gasteiger partial charge in [0.15, 0.2) is 5.75 Å². The number of benzene rings is 1. The monoisotopic (exact) mass is 393 g/mol. The minimum absolute atomic E-state index is 0.233. The first kappa shape index (κ1) is 17.2. The molecule has 1 aliphatic carbocycles. The molecule has 1 fully saturated rings. The van der Waals surface area contributed by atoms with Crippen LogP contribution >= 0.6 is 11.5 Å². The molecule has 1 aliphatic rings. The molecule has 0 bridgehead atoms. The highest BCUT2D eigenvalue weighted by Gasteiger charge is 2.31. The fraction of sp³-hybridized carbons (Fsp3) is 0.286. The zero-order valence-electron chi connectivity index (χ0n) is 15.8. The van der Waals surface area contributed by atoms with Crippen molar-refractivity contribution in [1.82, 2.24) is 13.9 Å². The molecule has 0 atom stereocenters. The second-order valence-corrected chi connectivity index (χ2v) is 8.12. The van der Waals surface area contributed by atoms with E-state index in [9.17, 15) is 9.59 Å². The summed E-state index contributed by atoms with van der Waals surface area (Å²) in [4.78, 5) is 30.5. The lowest BCUT2D eigenvalue weighted by Crippen LogP contribution is -2.16. The maximum Gasteiger partial charge on any atom is 0.271 e. The highest BCUT2D eigenvalue weighted by molar-refractivity contribution is 7.12. The number of rotatable bonds is 3. The van der Waals surface area contributed by atoms with Crippen LogP contribution in [0, 0.1) is 13.8 Å². The number of hydrogen-bond donors (Lipinski definition) is 1. The van der Waals surface area contributed by atoms with Gasteiger partial charge >= 0.3 is 0 Å². The van der Waals surface area contributed by atoms with Crippen molar-refractivity contribution in [1.29, 1.82) is 0 Å². The van der Waals surface area contributed by atoms with Crippen LogP contribution in [0.4, 0.5) is 0 Å². The topological polar surface area (TPSA) is 77.0 Å². The van der Waals surface area contributed by atoms with Crippen LogP contribution in [0.15, 0.2) is 34.0 Å². The van der Waals surface area contributed by atoms with Crippen LogP contribution in [0.2, 0.25) is 0 Å². The van der Waals surface area contributed by atoms with E-state index in [1.165, 1.54) is 11.5 Å². The van der Waals surface area contributed by atoms with E-state index < -0.39 is 0 Å². The molecule has 0 spiro atoms. The molecule has 28 heavy (non-hydrogen) atoms. The summed E-state index contributed by atoms with van der Waals surface area (Å²) in [5.74, 6) is 0.673. The van der Waals surface area contributed by atoms with Gasteiger partial charge in [-0.1, -0.05) is 0 Å². The lowest BCUT2D eigenvalue weighted by molar-refractivity contribution is 0.418. The Bertz CT molecular complexity index is 1380. The summed E-state index contributed by atoms with van der Waals surface area (Å²) in [7, 11) is 1.64. The van der Waals surface area contributed by atoms with Crippen molar-refractivity contribution in [2.75, 3.05) is 7.11 Å². The maximum absolute atomic E-state index is 13.2. The molecule has 0 radical (unpaired) electrons. The first-order valence-corrected chi connectivity index (χ1v) is 10.0. The smallest absolute Gasteiger partial charge is 0.271 e. The molecule has 5 rings (SSSR count). The molecule has 1 saturated carbocycles. The van der Waals surface area contributed by atoms with Gasteiger partial charge in [-0.25, -0.2) is 0 Å². The van der Waals surface area contributed by atoms with Crippen LogP contribution in [0.1, 0.15) is 30.1 Å². The number of fused-ring (bicyclic) bond motifs is 2. The minimum atomic E-state index is -0.313. The van der Waals surface area contributed by atoms with Gasteiger partial charge in [-0.3, -0.25) is 18.9 Å². The Hall–Kier alpha value is -2.93. The summed E-state index contributed by atoms with van der Waals surface area (Å²) >= 11 is 1.23. The summed E-state index contributed by atoms with van der Waals surface area (Å²) in [6.45, 7) is 3.92. The van der Waals surface area contributed by atoms with Gasteiger partial charge in [-0.15, -0.1) is 0 Å². The Kier molecular flexibility index (Phi) is 3.71. The number of H-pyrrole nitrogens is 1. The predicted molar refractivity (Wildman–Crippen MR) is 112 cm³/mol. The molecule has 1 aromatic carbocycles. The number of ether oxygens (including phenoxy) is 1. The van der Waals surface area contributed by atoms with E-state index in [4.69, 9.17) is 4.74 Å². The molecular weight excluding hydrogens is 374 g/mol. The van der Waals surface area contributed by atoms with E-state index in [0.717, 1.165) is 40.7 Å². The van der Waals surface area contributed by atoms with Crippen LogP contribution < -0.4 is 15.7 Å². The largest absolute Gasteiger partial charge is 0.494 e. The van der Waals surface area contributed by atoms with Gasteiger partial charge in [0.05, 0.1) is 18.0 Å². The molecule has 1 N–H and O–H groups in total. The van der Waals surface area contributed by atoms with E-state index in [1.807, 2.05) is 32.0 Å². The number of methoxy groups -OCH3 is 1. The fourth-order valence-corrected chi connectivity index (χ4v) is 4.95. The molecular formula is C21H19N3O3S. The number of nitrogens with one attached hydrogen (secondary N) is 1. The van der Waals surface area contributed by atoms with Crippen LogP contribution in [0.3, 0.4) is 0 Å².